The summed E-state index contributed by atoms with van der Waals surface area (Å²) < 4.78 is 16.5. The van der Waals surface area contributed by atoms with Gasteiger partial charge in [0.05, 0.1) is 28.8 Å². The number of hydrogen-bond donors (Lipinski definition) is 1. The molecule has 2 aromatic carbocycles. The lowest BCUT2D eigenvalue weighted by atomic mass is 10.1. The summed E-state index contributed by atoms with van der Waals surface area (Å²) in [7, 11) is 0. The number of carbonyl (C=O) groups is 1. The minimum atomic E-state index is -0.318. The van der Waals surface area contributed by atoms with Crippen molar-refractivity contribution in [2.24, 2.45) is 0 Å². The Hall–Kier alpha value is -3.81. The van der Waals surface area contributed by atoms with Crippen molar-refractivity contribution < 1.29 is 9.18 Å². The van der Waals surface area contributed by atoms with Crippen molar-refractivity contribution in [1.29, 1.82) is 0 Å². The fourth-order valence-electron chi connectivity index (χ4n) is 2.95. The predicted octanol–water partition coefficient (Wildman–Crippen LogP) is 3.41. The van der Waals surface area contributed by atoms with E-state index in [4.69, 9.17) is 0 Å². The number of halogens is 1. The highest BCUT2D eigenvalue weighted by molar-refractivity contribution is 6.05. The molecule has 0 spiro atoms. The van der Waals surface area contributed by atoms with E-state index < -0.39 is 0 Å². The fourth-order valence-corrected chi connectivity index (χ4v) is 2.95. The number of nitrogens with one attached hydrogen (secondary N) is 1. The zero-order chi connectivity index (χ0) is 19.5. The number of nitrogens with zero attached hydrogens (tertiary/aromatic N) is 5. The van der Waals surface area contributed by atoms with Gasteiger partial charge in [0.1, 0.15) is 18.5 Å². The first-order chi connectivity index (χ1) is 13.7. The number of carbonyl (C=O) groups excluding carboxylic acids is 1. The van der Waals surface area contributed by atoms with Crippen LogP contribution >= 0.6 is 0 Å². The molecule has 8 heteroatoms. The minimum absolute atomic E-state index is 0.251. The van der Waals surface area contributed by atoms with Gasteiger partial charge < -0.3 is 5.32 Å². The quantitative estimate of drug-likeness (QED) is 0.579. The molecule has 1 N–H and O–H groups in total. The van der Waals surface area contributed by atoms with Crippen LogP contribution in [0.1, 0.15) is 23.0 Å². The number of benzene rings is 2. The van der Waals surface area contributed by atoms with E-state index >= 15 is 0 Å². The smallest absolute Gasteiger partial charge is 0.259 e. The third-order valence-corrected chi connectivity index (χ3v) is 4.33. The molecule has 1 amide bonds. The van der Waals surface area contributed by atoms with Crippen LogP contribution in [-0.2, 0) is 6.42 Å². The Balaban J connectivity index is 1.56. The summed E-state index contributed by atoms with van der Waals surface area (Å²) in [5.41, 5.74) is 3.43. The Morgan fingerprint density at radius 1 is 1.04 bits per heavy atom. The first kappa shape index (κ1) is 17.6. The largest absolute Gasteiger partial charge is 0.322 e. The zero-order valence-corrected chi connectivity index (χ0v) is 15.1. The summed E-state index contributed by atoms with van der Waals surface area (Å²) in [5.74, 6) is -0.569. The van der Waals surface area contributed by atoms with Crippen LogP contribution in [0.4, 0.5) is 10.1 Å². The lowest BCUT2D eigenvalue weighted by molar-refractivity contribution is 0.102. The zero-order valence-electron chi connectivity index (χ0n) is 15.1. The number of hydrogen-bond acceptors (Lipinski definition) is 4. The Kier molecular flexibility index (Phi) is 4.67. The van der Waals surface area contributed by atoms with Gasteiger partial charge in [-0.15, -0.1) is 0 Å². The van der Waals surface area contributed by atoms with E-state index in [-0.39, 0.29) is 11.7 Å². The van der Waals surface area contributed by atoms with Gasteiger partial charge in [0.2, 0.25) is 0 Å². The Labute approximate surface area is 160 Å². The fraction of sp³-hybridized carbons (Fsp3) is 0.100. The van der Waals surface area contributed by atoms with Gasteiger partial charge in [0.25, 0.3) is 5.91 Å². The second-order valence-corrected chi connectivity index (χ2v) is 6.09. The molecule has 0 radical (unpaired) electrons. The van der Waals surface area contributed by atoms with Gasteiger partial charge in [-0.25, -0.2) is 18.7 Å². The SMILES string of the molecule is CCc1c(C(=O)Nc2ccc(-n3cncn3)cc2)cnn1-c1ccc(F)cc1. The van der Waals surface area contributed by atoms with Crippen molar-refractivity contribution in [3.8, 4) is 11.4 Å². The number of amides is 1. The maximum absolute atomic E-state index is 13.2. The van der Waals surface area contributed by atoms with Gasteiger partial charge in [-0.2, -0.15) is 10.2 Å². The molecule has 0 fully saturated rings. The van der Waals surface area contributed by atoms with Crippen molar-refractivity contribution in [3.63, 3.8) is 0 Å². The average Bonchev–Trinajstić information content (AvgIpc) is 3.39. The summed E-state index contributed by atoms with van der Waals surface area (Å²) in [6.45, 7) is 1.95. The summed E-state index contributed by atoms with van der Waals surface area (Å²) in [6, 6.07) is 13.3. The van der Waals surface area contributed by atoms with Crippen LogP contribution in [0, 0.1) is 5.82 Å². The van der Waals surface area contributed by atoms with Crippen molar-refractivity contribution in [3.05, 3.63) is 84.5 Å². The first-order valence-corrected chi connectivity index (χ1v) is 8.75. The molecule has 4 rings (SSSR count). The first-order valence-electron chi connectivity index (χ1n) is 8.75. The van der Waals surface area contributed by atoms with E-state index in [9.17, 15) is 9.18 Å². The van der Waals surface area contributed by atoms with Crippen molar-refractivity contribution in [2.75, 3.05) is 5.32 Å². The molecule has 140 valence electrons. The van der Waals surface area contributed by atoms with Crippen molar-refractivity contribution >= 4 is 11.6 Å². The Morgan fingerprint density at radius 3 is 2.39 bits per heavy atom. The lowest BCUT2D eigenvalue weighted by Gasteiger charge is -2.09. The maximum Gasteiger partial charge on any atom is 0.259 e. The molecule has 28 heavy (non-hydrogen) atoms. The maximum atomic E-state index is 13.2. The van der Waals surface area contributed by atoms with Gasteiger partial charge in [-0.05, 0) is 55.0 Å². The summed E-state index contributed by atoms with van der Waals surface area (Å²) in [6.07, 6.45) is 5.19. The van der Waals surface area contributed by atoms with E-state index in [1.807, 2.05) is 19.1 Å². The van der Waals surface area contributed by atoms with Gasteiger partial charge in [-0.1, -0.05) is 6.92 Å². The number of aromatic nitrogens is 5. The molecule has 0 atom stereocenters. The minimum Gasteiger partial charge on any atom is -0.322 e. The average molecular weight is 376 g/mol. The molecule has 0 aliphatic rings. The highest BCUT2D eigenvalue weighted by Gasteiger charge is 2.17. The molecule has 0 unspecified atom stereocenters. The normalized spacial score (nSPS) is 10.8. The topological polar surface area (TPSA) is 77.6 Å². The van der Waals surface area contributed by atoms with E-state index in [0.717, 1.165) is 11.4 Å². The molecule has 7 nitrogen and oxygen atoms in total. The van der Waals surface area contributed by atoms with Crippen LogP contribution < -0.4 is 5.32 Å². The van der Waals surface area contributed by atoms with E-state index in [2.05, 4.69) is 20.5 Å². The third kappa shape index (κ3) is 3.39. The second-order valence-electron chi connectivity index (χ2n) is 6.09. The predicted molar refractivity (Wildman–Crippen MR) is 102 cm³/mol. The van der Waals surface area contributed by atoms with Gasteiger partial charge in [-0.3, -0.25) is 4.79 Å². The molecule has 0 aliphatic heterocycles. The standard InChI is InChI=1S/C20H17FN6O/c1-2-19-18(11-23-27(19)17-7-3-14(21)4-8-17)20(28)25-15-5-9-16(10-6-15)26-13-22-12-24-26/h3-13H,2H2,1H3,(H,25,28). The molecule has 0 saturated carbocycles. The summed E-state index contributed by atoms with van der Waals surface area (Å²) >= 11 is 0. The summed E-state index contributed by atoms with van der Waals surface area (Å²) in [5, 5.41) is 11.3. The molecule has 0 aliphatic carbocycles. The van der Waals surface area contributed by atoms with Crippen LogP contribution in [0.3, 0.4) is 0 Å². The molecular weight excluding hydrogens is 359 g/mol. The van der Waals surface area contributed by atoms with Crippen molar-refractivity contribution in [2.45, 2.75) is 13.3 Å². The van der Waals surface area contributed by atoms with Gasteiger partial charge in [0.15, 0.2) is 0 Å². The van der Waals surface area contributed by atoms with Crippen LogP contribution in [0.2, 0.25) is 0 Å². The van der Waals surface area contributed by atoms with E-state index in [1.165, 1.54) is 24.7 Å². The lowest BCUT2D eigenvalue weighted by Crippen LogP contribution is -2.14. The number of rotatable bonds is 5. The Bertz CT molecular complexity index is 1080. The van der Waals surface area contributed by atoms with Crippen LogP contribution in [0.25, 0.3) is 11.4 Å². The Morgan fingerprint density at radius 2 is 1.75 bits per heavy atom. The summed E-state index contributed by atoms with van der Waals surface area (Å²) in [4.78, 5) is 16.7. The monoisotopic (exact) mass is 376 g/mol. The molecule has 2 heterocycles. The number of anilines is 1. The van der Waals surface area contributed by atoms with Crippen molar-refractivity contribution in [1.82, 2.24) is 24.5 Å². The van der Waals surface area contributed by atoms with E-state index in [0.29, 0.717) is 23.4 Å². The van der Waals surface area contributed by atoms with Crippen LogP contribution in [-0.4, -0.2) is 30.5 Å². The van der Waals surface area contributed by atoms with Gasteiger partial charge >= 0.3 is 0 Å². The third-order valence-electron chi connectivity index (χ3n) is 4.33. The molecule has 4 aromatic rings. The molecule has 0 saturated heterocycles. The molecule has 0 bridgehead atoms. The molecule has 2 aromatic heterocycles. The van der Waals surface area contributed by atoms with Crippen LogP contribution in [0.5, 0.6) is 0 Å². The highest BCUT2D eigenvalue weighted by atomic mass is 19.1. The second kappa shape index (κ2) is 7.43. The highest BCUT2D eigenvalue weighted by Crippen LogP contribution is 2.19. The van der Waals surface area contributed by atoms with Crippen LogP contribution in [0.15, 0.2) is 67.4 Å². The van der Waals surface area contributed by atoms with Gasteiger partial charge in [0, 0.05) is 5.69 Å². The molecular formula is C20H17FN6O. The van der Waals surface area contributed by atoms with E-state index in [1.54, 1.807) is 40.0 Å².